The van der Waals surface area contributed by atoms with Crippen LogP contribution in [-0.4, -0.2) is 12.6 Å². The van der Waals surface area contributed by atoms with Crippen LogP contribution in [0.25, 0.3) is 0 Å². The van der Waals surface area contributed by atoms with Crippen LogP contribution in [0.4, 0.5) is 12.9 Å². The fourth-order valence-corrected chi connectivity index (χ4v) is 1.70. The van der Waals surface area contributed by atoms with E-state index in [0.717, 1.165) is 16.2 Å². The van der Waals surface area contributed by atoms with Gasteiger partial charge in [0.15, 0.2) is 0 Å². The normalized spacial score (nSPS) is 10.9. The Morgan fingerprint density at radius 2 is 1.64 bits per heavy atom. The van der Waals surface area contributed by atoms with Crippen molar-refractivity contribution >= 4 is 34.7 Å². The molecule has 0 aliphatic rings. The first-order valence-corrected chi connectivity index (χ1v) is 5.34. The molecule has 72 valence electrons. The standard InChI is InChI=1S/C7H6BBrF3S.K/c9-6-1-3-7(4-2-6)13-5-8(10,11)12;/h1-4H,5H2;/q-1;+1. The van der Waals surface area contributed by atoms with E-state index in [-0.39, 0.29) is 51.4 Å². The fourth-order valence-electron chi connectivity index (χ4n) is 0.722. The van der Waals surface area contributed by atoms with Crippen LogP contribution in [0, 0.1) is 0 Å². The van der Waals surface area contributed by atoms with Gasteiger partial charge in [0.25, 0.3) is 0 Å². The quantitative estimate of drug-likeness (QED) is 0.591. The molecule has 0 saturated carbocycles. The van der Waals surface area contributed by atoms with Crippen molar-refractivity contribution in [3.63, 3.8) is 0 Å². The van der Waals surface area contributed by atoms with Crippen molar-refractivity contribution in [1.82, 2.24) is 0 Å². The third kappa shape index (κ3) is 6.92. The zero-order chi connectivity index (χ0) is 9.90. The molecule has 0 radical (unpaired) electrons. The molecule has 1 rings (SSSR count). The minimum Gasteiger partial charge on any atom is -0.448 e. The SMILES string of the molecule is F[B-](F)(F)CSc1ccc(Br)cc1.[K+]. The maximum atomic E-state index is 11.9. The van der Waals surface area contributed by atoms with E-state index in [4.69, 9.17) is 0 Å². The Bertz CT molecular complexity index is 277. The van der Waals surface area contributed by atoms with Gasteiger partial charge in [0.1, 0.15) is 0 Å². The molecule has 0 fully saturated rings. The third-order valence-electron chi connectivity index (χ3n) is 1.25. The van der Waals surface area contributed by atoms with Crippen molar-refractivity contribution in [3.8, 4) is 0 Å². The summed E-state index contributed by atoms with van der Waals surface area (Å²) in [6.07, 6.45) is 0. The van der Waals surface area contributed by atoms with Gasteiger partial charge in [-0.3, -0.25) is 0 Å². The molecule has 0 bridgehead atoms. The summed E-state index contributed by atoms with van der Waals surface area (Å²) < 4.78 is 36.4. The van der Waals surface area contributed by atoms with Crippen LogP contribution < -0.4 is 51.4 Å². The van der Waals surface area contributed by atoms with Crippen molar-refractivity contribution in [2.45, 2.75) is 4.90 Å². The monoisotopic (exact) mass is 308 g/mol. The average Bonchev–Trinajstić information content (AvgIpc) is 2.02. The summed E-state index contributed by atoms with van der Waals surface area (Å²) in [6.45, 7) is -4.69. The van der Waals surface area contributed by atoms with E-state index >= 15 is 0 Å². The molecule has 7 heteroatoms. The maximum Gasteiger partial charge on any atom is 1.00 e. The minimum atomic E-state index is -4.69. The van der Waals surface area contributed by atoms with E-state index in [2.05, 4.69) is 15.9 Å². The minimum absolute atomic E-state index is 0. The summed E-state index contributed by atoms with van der Waals surface area (Å²) in [5.74, 6) is 0. The van der Waals surface area contributed by atoms with Crippen LogP contribution in [-0.2, 0) is 0 Å². The van der Waals surface area contributed by atoms with Crippen molar-refractivity contribution in [2.75, 3.05) is 5.65 Å². The summed E-state index contributed by atoms with van der Waals surface area (Å²) in [5, 5.41) is 0. The fraction of sp³-hybridized carbons (Fsp3) is 0.143. The van der Waals surface area contributed by atoms with Crippen molar-refractivity contribution in [3.05, 3.63) is 28.7 Å². The zero-order valence-electron chi connectivity index (χ0n) is 7.51. The van der Waals surface area contributed by atoms with E-state index in [1.807, 2.05) is 0 Å². The van der Waals surface area contributed by atoms with E-state index in [0.29, 0.717) is 4.90 Å². The van der Waals surface area contributed by atoms with Gasteiger partial charge >= 0.3 is 58.4 Å². The van der Waals surface area contributed by atoms with Gasteiger partial charge in [-0.2, -0.15) is 11.8 Å². The van der Waals surface area contributed by atoms with Gasteiger partial charge in [-0.05, 0) is 29.9 Å². The van der Waals surface area contributed by atoms with Crippen LogP contribution in [0.15, 0.2) is 33.6 Å². The second-order valence-electron chi connectivity index (χ2n) is 2.48. The van der Waals surface area contributed by atoms with Gasteiger partial charge in [-0.15, -0.1) is 0 Å². The summed E-state index contributed by atoms with van der Waals surface area (Å²) in [6, 6.07) is 6.78. The first-order chi connectivity index (χ1) is 5.97. The molecule has 0 N–H and O–H groups in total. The van der Waals surface area contributed by atoms with Gasteiger partial charge in [0.2, 0.25) is 0 Å². The van der Waals surface area contributed by atoms with E-state index in [1.54, 1.807) is 24.3 Å². The summed E-state index contributed by atoms with van der Waals surface area (Å²) in [4.78, 5) is 0.641. The number of hydrogen-bond acceptors (Lipinski definition) is 1. The smallest absolute Gasteiger partial charge is 0.448 e. The molecule has 0 saturated heterocycles. The summed E-state index contributed by atoms with van der Waals surface area (Å²) in [7, 11) is 0. The number of benzene rings is 1. The van der Waals surface area contributed by atoms with Crippen molar-refractivity contribution in [2.24, 2.45) is 0 Å². The summed E-state index contributed by atoms with van der Waals surface area (Å²) >= 11 is 4.03. The predicted molar refractivity (Wildman–Crippen MR) is 53.9 cm³/mol. The summed E-state index contributed by atoms with van der Waals surface area (Å²) in [5.41, 5.74) is -0.776. The largest absolute Gasteiger partial charge is 1.00 e. The predicted octanol–water partition coefficient (Wildman–Crippen LogP) is 0.932. The molecule has 0 aromatic heterocycles. The molecule has 1 aromatic rings. The number of hydrogen-bond donors (Lipinski definition) is 0. The zero-order valence-corrected chi connectivity index (χ0v) is 13.0. The molecule has 0 amide bonds. The van der Waals surface area contributed by atoms with Crippen molar-refractivity contribution < 1.29 is 64.3 Å². The Kier molecular flexibility index (Phi) is 7.75. The Morgan fingerprint density at radius 1 is 1.14 bits per heavy atom. The Morgan fingerprint density at radius 3 is 2.07 bits per heavy atom. The van der Waals surface area contributed by atoms with E-state index in [9.17, 15) is 12.9 Å². The molecular weight excluding hydrogens is 303 g/mol. The molecule has 0 spiro atoms. The van der Waals surface area contributed by atoms with Crippen LogP contribution in [0.2, 0.25) is 0 Å². The van der Waals surface area contributed by atoms with Crippen LogP contribution >= 0.6 is 27.7 Å². The molecule has 1 aromatic carbocycles. The Balaban J connectivity index is 0.00000169. The topological polar surface area (TPSA) is 0 Å². The molecule has 0 heterocycles. The molecule has 0 unspecified atom stereocenters. The first-order valence-electron chi connectivity index (χ1n) is 3.57. The molecule has 0 atom stereocenters. The van der Waals surface area contributed by atoms with Gasteiger partial charge in [-0.25, -0.2) is 0 Å². The Labute approximate surface area is 136 Å². The first kappa shape index (κ1) is 15.5. The van der Waals surface area contributed by atoms with Crippen LogP contribution in [0.5, 0.6) is 0 Å². The molecule has 0 aliphatic carbocycles. The molecule has 0 aliphatic heterocycles. The van der Waals surface area contributed by atoms with Gasteiger partial charge in [0.05, 0.1) is 0 Å². The Hall–Kier alpha value is 1.54. The second kappa shape index (κ2) is 6.98. The van der Waals surface area contributed by atoms with E-state index < -0.39 is 12.6 Å². The maximum absolute atomic E-state index is 11.9. The van der Waals surface area contributed by atoms with Gasteiger partial charge < -0.3 is 12.9 Å². The number of rotatable bonds is 3. The molecule has 14 heavy (non-hydrogen) atoms. The second-order valence-corrected chi connectivity index (χ2v) is 4.48. The number of thioether (sulfide) groups is 1. The van der Waals surface area contributed by atoms with Crippen molar-refractivity contribution in [1.29, 1.82) is 0 Å². The number of halogens is 4. The molecule has 0 nitrogen and oxygen atoms in total. The van der Waals surface area contributed by atoms with Crippen LogP contribution in [0.1, 0.15) is 0 Å². The van der Waals surface area contributed by atoms with Crippen LogP contribution in [0.3, 0.4) is 0 Å². The van der Waals surface area contributed by atoms with Gasteiger partial charge in [-0.1, -0.05) is 15.9 Å². The third-order valence-corrected chi connectivity index (χ3v) is 2.93. The van der Waals surface area contributed by atoms with Gasteiger partial charge in [0, 0.05) is 9.37 Å². The average molecular weight is 309 g/mol. The van der Waals surface area contributed by atoms with E-state index in [1.165, 1.54) is 0 Å². The molecular formula is C7H6BBrF3KS.